The maximum Gasteiger partial charge on any atom is 0.244 e. The zero-order chi connectivity index (χ0) is 21.5. The predicted molar refractivity (Wildman–Crippen MR) is 121 cm³/mol. The summed E-state index contributed by atoms with van der Waals surface area (Å²) in [5.74, 6) is 0.0491. The molecule has 2 aromatic rings. The van der Waals surface area contributed by atoms with E-state index < -0.39 is 0 Å². The van der Waals surface area contributed by atoms with E-state index in [4.69, 9.17) is 4.74 Å². The Kier molecular flexibility index (Phi) is 7.12. The van der Waals surface area contributed by atoms with Crippen LogP contribution in [0.5, 0.6) is 0 Å². The highest BCUT2D eigenvalue weighted by Crippen LogP contribution is 2.21. The summed E-state index contributed by atoms with van der Waals surface area (Å²) in [5, 5.41) is 2.93. The number of benzene rings is 2. The molecule has 0 radical (unpaired) electrons. The van der Waals surface area contributed by atoms with Gasteiger partial charge in [-0.3, -0.25) is 14.5 Å². The third-order valence-electron chi connectivity index (χ3n) is 5.70. The van der Waals surface area contributed by atoms with Gasteiger partial charge in [-0.15, -0.1) is 0 Å². The number of amides is 2. The van der Waals surface area contributed by atoms with E-state index in [0.717, 1.165) is 62.6 Å². The normalized spacial score (nSPS) is 17.4. The van der Waals surface area contributed by atoms with Gasteiger partial charge in [-0.25, -0.2) is 0 Å². The Morgan fingerprint density at radius 3 is 2.35 bits per heavy atom. The van der Waals surface area contributed by atoms with Crippen LogP contribution >= 0.6 is 0 Å². The van der Waals surface area contributed by atoms with Gasteiger partial charge in [-0.1, -0.05) is 36.4 Å². The third-order valence-corrected chi connectivity index (χ3v) is 5.70. The lowest BCUT2D eigenvalue weighted by Crippen LogP contribution is -2.35. The number of nitrogens with one attached hydrogen (secondary N) is 1. The Labute approximate surface area is 183 Å². The van der Waals surface area contributed by atoms with Crippen molar-refractivity contribution in [3.05, 3.63) is 71.3 Å². The highest BCUT2D eigenvalue weighted by atomic mass is 16.5. The number of carbonyl (C=O) groups is 2. The molecular formula is C25H29N3O3. The fraction of sp³-hybridized carbons (Fsp3) is 0.360. The molecule has 2 aliphatic heterocycles. The molecule has 2 heterocycles. The third kappa shape index (κ3) is 6.03. The van der Waals surface area contributed by atoms with Gasteiger partial charge < -0.3 is 15.0 Å². The molecule has 4 rings (SSSR count). The molecule has 2 amide bonds. The molecule has 0 aromatic heterocycles. The molecule has 2 aliphatic rings. The summed E-state index contributed by atoms with van der Waals surface area (Å²) >= 11 is 0. The summed E-state index contributed by atoms with van der Waals surface area (Å²) in [6, 6.07) is 16.1. The maximum absolute atomic E-state index is 12.2. The zero-order valence-electron chi connectivity index (χ0n) is 17.8. The first-order valence-corrected chi connectivity index (χ1v) is 10.9. The lowest BCUT2D eigenvalue weighted by molar-refractivity contribution is -0.117. The van der Waals surface area contributed by atoms with Crippen LogP contribution in [0.25, 0.3) is 6.08 Å². The van der Waals surface area contributed by atoms with Gasteiger partial charge in [0, 0.05) is 50.9 Å². The van der Waals surface area contributed by atoms with Crippen LogP contribution in [0, 0.1) is 0 Å². The summed E-state index contributed by atoms with van der Waals surface area (Å²) in [7, 11) is 0. The Balaban J connectivity index is 1.23. The van der Waals surface area contributed by atoms with Gasteiger partial charge in [0.2, 0.25) is 11.8 Å². The molecule has 0 unspecified atom stereocenters. The molecule has 0 spiro atoms. The van der Waals surface area contributed by atoms with Crippen LogP contribution in [0.2, 0.25) is 0 Å². The van der Waals surface area contributed by atoms with Crippen molar-refractivity contribution in [2.24, 2.45) is 0 Å². The highest BCUT2D eigenvalue weighted by Gasteiger charge is 2.21. The summed E-state index contributed by atoms with van der Waals surface area (Å²) in [6.07, 6.45) is 4.87. The lowest BCUT2D eigenvalue weighted by Gasteiger charge is -2.26. The molecule has 31 heavy (non-hydrogen) atoms. The molecule has 2 aromatic carbocycles. The van der Waals surface area contributed by atoms with Gasteiger partial charge in [-0.05, 0) is 41.3 Å². The average molecular weight is 420 g/mol. The number of nitrogens with zero attached hydrogens (tertiary/aromatic N) is 2. The predicted octanol–water partition coefficient (Wildman–Crippen LogP) is 2.98. The molecular weight excluding hydrogens is 390 g/mol. The van der Waals surface area contributed by atoms with Gasteiger partial charge in [0.25, 0.3) is 0 Å². The van der Waals surface area contributed by atoms with Gasteiger partial charge in [0.15, 0.2) is 0 Å². The van der Waals surface area contributed by atoms with Gasteiger partial charge in [-0.2, -0.15) is 0 Å². The minimum absolute atomic E-state index is 0.129. The molecule has 0 aliphatic carbocycles. The summed E-state index contributed by atoms with van der Waals surface area (Å²) in [5.41, 5.74) is 4.20. The van der Waals surface area contributed by atoms with Crippen molar-refractivity contribution in [3.8, 4) is 0 Å². The van der Waals surface area contributed by atoms with Crippen LogP contribution in [0.3, 0.4) is 0 Å². The monoisotopic (exact) mass is 419 g/mol. The Bertz CT molecular complexity index is 916. The molecule has 162 valence electrons. The molecule has 0 bridgehead atoms. The van der Waals surface area contributed by atoms with E-state index in [9.17, 15) is 9.59 Å². The average Bonchev–Trinajstić information content (AvgIpc) is 3.24. The Morgan fingerprint density at radius 1 is 0.968 bits per heavy atom. The number of rotatable bonds is 7. The number of hydrogen-bond donors (Lipinski definition) is 1. The largest absolute Gasteiger partial charge is 0.379 e. The van der Waals surface area contributed by atoms with Crippen LogP contribution < -0.4 is 10.2 Å². The second-order valence-corrected chi connectivity index (χ2v) is 8.00. The number of carbonyl (C=O) groups excluding carboxylic acids is 2. The molecule has 6 heteroatoms. The van der Waals surface area contributed by atoms with Crippen molar-refractivity contribution in [1.29, 1.82) is 0 Å². The first-order valence-electron chi connectivity index (χ1n) is 10.9. The molecule has 2 saturated heterocycles. The Hall–Kier alpha value is -2.96. The minimum atomic E-state index is -0.129. The standard InChI is InChI=1S/C25H29N3O3/c29-24(12-9-20-7-10-23(11-8-20)28-13-1-2-25(28)30)26-18-21-3-5-22(6-4-21)19-27-14-16-31-17-15-27/h3-12H,1-2,13-19H2,(H,26,29)/b12-9+. The van der Waals surface area contributed by atoms with E-state index in [0.29, 0.717) is 13.0 Å². The molecule has 6 nitrogen and oxygen atoms in total. The van der Waals surface area contributed by atoms with Crippen molar-refractivity contribution >= 4 is 23.6 Å². The minimum Gasteiger partial charge on any atom is -0.379 e. The van der Waals surface area contributed by atoms with Crippen molar-refractivity contribution in [3.63, 3.8) is 0 Å². The van der Waals surface area contributed by atoms with Crippen LogP contribution in [0.1, 0.15) is 29.5 Å². The molecule has 1 N–H and O–H groups in total. The smallest absolute Gasteiger partial charge is 0.244 e. The SMILES string of the molecule is O=C(/C=C/c1ccc(N2CCCC2=O)cc1)NCc1ccc(CN2CCOCC2)cc1. The van der Waals surface area contributed by atoms with Crippen molar-refractivity contribution in [2.75, 3.05) is 37.7 Å². The number of hydrogen-bond acceptors (Lipinski definition) is 4. The molecule has 0 atom stereocenters. The van der Waals surface area contributed by atoms with Gasteiger partial charge in [0.05, 0.1) is 13.2 Å². The fourth-order valence-electron chi connectivity index (χ4n) is 3.89. The van der Waals surface area contributed by atoms with Crippen molar-refractivity contribution < 1.29 is 14.3 Å². The second kappa shape index (κ2) is 10.4. The van der Waals surface area contributed by atoms with E-state index >= 15 is 0 Å². The summed E-state index contributed by atoms with van der Waals surface area (Å²) in [4.78, 5) is 28.2. The van der Waals surface area contributed by atoms with E-state index in [1.807, 2.05) is 29.2 Å². The topological polar surface area (TPSA) is 61.9 Å². The number of morpholine rings is 1. The quantitative estimate of drug-likeness (QED) is 0.701. The van der Waals surface area contributed by atoms with Crippen LogP contribution in [-0.2, 0) is 27.4 Å². The Morgan fingerprint density at radius 2 is 1.68 bits per heavy atom. The first kappa shape index (κ1) is 21.3. The van der Waals surface area contributed by atoms with E-state index in [2.05, 4.69) is 34.5 Å². The maximum atomic E-state index is 12.2. The lowest BCUT2D eigenvalue weighted by atomic mass is 10.1. The summed E-state index contributed by atoms with van der Waals surface area (Å²) in [6.45, 7) is 5.78. The second-order valence-electron chi connectivity index (χ2n) is 8.00. The van der Waals surface area contributed by atoms with Crippen molar-refractivity contribution in [1.82, 2.24) is 10.2 Å². The van der Waals surface area contributed by atoms with E-state index in [1.165, 1.54) is 5.56 Å². The van der Waals surface area contributed by atoms with Gasteiger partial charge in [0.1, 0.15) is 0 Å². The fourth-order valence-corrected chi connectivity index (χ4v) is 3.89. The first-order chi connectivity index (χ1) is 15.2. The highest BCUT2D eigenvalue weighted by molar-refractivity contribution is 5.95. The van der Waals surface area contributed by atoms with Crippen molar-refractivity contribution in [2.45, 2.75) is 25.9 Å². The van der Waals surface area contributed by atoms with Crippen LogP contribution in [0.4, 0.5) is 5.69 Å². The number of ether oxygens (including phenoxy) is 1. The molecule has 2 fully saturated rings. The number of anilines is 1. The van der Waals surface area contributed by atoms with Crippen LogP contribution in [-0.4, -0.2) is 49.6 Å². The van der Waals surface area contributed by atoms with E-state index in [1.54, 1.807) is 12.2 Å². The van der Waals surface area contributed by atoms with E-state index in [-0.39, 0.29) is 11.8 Å². The zero-order valence-corrected chi connectivity index (χ0v) is 17.8. The summed E-state index contributed by atoms with van der Waals surface area (Å²) < 4.78 is 5.39. The van der Waals surface area contributed by atoms with Gasteiger partial charge >= 0.3 is 0 Å². The van der Waals surface area contributed by atoms with Crippen LogP contribution in [0.15, 0.2) is 54.6 Å². The molecule has 0 saturated carbocycles.